The number of anilines is 1. The topological polar surface area (TPSA) is 86.8 Å². The van der Waals surface area contributed by atoms with Crippen molar-refractivity contribution in [3.05, 3.63) is 92.4 Å². The van der Waals surface area contributed by atoms with Gasteiger partial charge in [-0.05, 0) is 61.4 Å². The maximum absolute atomic E-state index is 13.9. The van der Waals surface area contributed by atoms with Gasteiger partial charge in [0.05, 0.1) is 25.7 Å². The summed E-state index contributed by atoms with van der Waals surface area (Å²) in [6.45, 7) is 3.35. The van der Waals surface area contributed by atoms with Crippen LogP contribution in [0.1, 0.15) is 32.3 Å². The number of amides is 2. The first-order valence-corrected chi connectivity index (χ1v) is 15.4. The molecular weight excluding hydrogens is 616 g/mol. The van der Waals surface area contributed by atoms with Gasteiger partial charge in [0.2, 0.25) is 11.8 Å². The lowest BCUT2D eigenvalue weighted by Gasteiger charge is -2.32. The van der Waals surface area contributed by atoms with Crippen LogP contribution < -0.4 is 9.62 Å². The molecule has 1 unspecified atom stereocenters. The Labute approximate surface area is 255 Å². The van der Waals surface area contributed by atoms with Gasteiger partial charge in [0.1, 0.15) is 12.6 Å². The highest BCUT2D eigenvalue weighted by Gasteiger charge is 2.33. The molecule has 0 bridgehead atoms. The zero-order valence-electron chi connectivity index (χ0n) is 21.9. The normalized spacial score (nSPS) is 12.1. The van der Waals surface area contributed by atoms with Crippen molar-refractivity contribution >= 4 is 73.9 Å². The first kappa shape index (κ1) is 32.0. The minimum absolute atomic E-state index is 0.0272. The number of nitrogens with one attached hydrogen (secondary N) is 1. The van der Waals surface area contributed by atoms with E-state index in [-0.39, 0.29) is 38.1 Å². The van der Waals surface area contributed by atoms with Crippen LogP contribution in [0.5, 0.6) is 0 Å². The largest absolute Gasteiger partial charge is 0.354 e. The fraction of sp³-hybridized carbons (Fsp3) is 0.286. The second-order valence-electron chi connectivity index (χ2n) is 9.01. The molecule has 0 spiro atoms. The van der Waals surface area contributed by atoms with Gasteiger partial charge in [0.25, 0.3) is 10.0 Å². The van der Waals surface area contributed by atoms with Crippen molar-refractivity contribution < 1.29 is 18.0 Å². The van der Waals surface area contributed by atoms with Crippen LogP contribution in [-0.2, 0) is 26.2 Å². The number of hydrogen-bond donors (Lipinski definition) is 1. The van der Waals surface area contributed by atoms with Gasteiger partial charge in [0.15, 0.2) is 0 Å². The Balaban J connectivity index is 2.04. The van der Waals surface area contributed by atoms with Crippen LogP contribution in [-0.4, -0.2) is 44.3 Å². The summed E-state index contributed by atoms with van der Waals surface area (Å²) in [5, 5.41) is 3.77. The molecule has 0 saturated heterocycles. The molecule has 0 fully saturated rings. The second kappa shape index (κ2) is 14.4. The molecule has 0 aliphatic heterocycles. The van der Waals surface area contributed by atoms with Crippen LogP contribution >= 0.6 is 46.4 Å². The molecule has 7 nitrogen and oxygen atoms in total. The van der Waals surface area contributed by atoms with Gasteiger partial charge in [-0.25, -0.2) is 8.42 Å². The highest BCUT2D eigenvalue weighted by Crippen LogP contribution is 2.33. The van der Waals surface area contributed by atoms with Crippen LogP contribution in [0.3, 0.4) is 0 Å². The predicted molar refractivity (Wildman–Crippen MR) is 162 cm³/mol. The molecule has 214 valence electrons. The summed E-state index contributed by atoms with van der Waals surface area (Å²) in [4.78, 5) is 28.2. The number of rotatable bonds is 12. The first-order chi connectivity index (χ1) is 18.9. The van der Waals surface area contributed by atoms with E-state index in [0.29, 0.717) is 17.1 Å². The molecule has 3 rings (SSSR count). The minimum Gasteiger partial charge on any atom is -0.354 e. The number of nitrogens with zero attached hydrogens (tertiary/aromatic N) is 2. The van der Waals surface area contributed by atoms with Crippen molar-refractivity contribution in [2.75, 3.05) is 17.4 Å². The van der Waals surface area contributed by atoms with Gasteiger partial charge in [-0.1, -0.05) is 84.0 Å². The zero-order valence-corrected chi connectivity index (χ0v) is 25.8. The van der Waals surface area contributed by atoms with E-state index in [9.17, 15) is 18.0 Å². The van der Waals surface area contributed by atoms with E-state index < -0.39 is 28.5 Å². The minimum atomic E-state index is -4.27. The average Bonchev–Trinajstić information content (AvgIpc) is 2.93. The van der Waals surface area contributed by atoms with Gasteiger partial charge in [-0.3, -0.25) is 13.9 Å². The van der Waals surface area contributed by atoms with Gasteiger partial charge in [-0.2, -0.15) is 0 Å². The molecule has 1 atom stereocenters. The Bertz CT molecular complexity index is 1460. The number of hydrogen-bond acceptors (Lipinski definition) is 4. The van der Waals surface area contributed by atoms with Gasteiger partial charge >= 0.3 is 0 Å². The molecule has 12 heteroatoms. The molecule has 1 N–H and O–H groups in total. The SMILES string of the molecule is CCCCNC(=O)C(C)N(Cc1ccc(Cl)c(Cl)c1)C(=O)CN(c1cc(Cl)ccc1Cl)S(=O)(=O)c1ccccc1. The first-order valence-electron chi connectivity index (χ1n) is 12.5. The molecule has 0 radical (unpaired) electrons. The lowest BCUT2D eigenvalue weighted by molar-refractivity contribution is -0.139. The van der Waals surface area contributed by atoms with Crippen molar-refractivity contribution in [1.29, 1.82) is 0 Å². The quantitative estimate of drug-likeness (QED) is 0.219. The van der Waals surface area contributed by atoms with E-state index >= 15 is 0 Å². The Hall–Kier alpha value is -2.49. The summed E-state index contributed by atoms with van der Waals surface area (Å²) in [7, 11) is -4.27. The molecule has 0 aliphatic rings. The molecule has 2 amide bonds. The van der Waals surface area contributed by atoms with Crippen LogP contribution in [0.25, 0.3) is 0 Å². The van der Waals surface area contributed by atoms with Crippen LogP contribution in [0.2, 0.25) is 20.1 Å². The number of halogens is 4. The molecule has 0 aromatic heterocycles. The third-order valence-electron chi connectivity index (χ3n) is 6.12. The Morgan fingerprint density at radius 3 is 2.23 bits per heavy atom. The van der Waals surface area contributed by atoms with Crippen LogP contribution in [0.15, 0.2) is 71.6 Å². The fourth-order valence-electron chi connectivity index (χ4n) is 3.86. The van der Waals surface area contributed by atoms with Crippen molar-refractivity contribution in [3.8, 4) is 0 Å². The monoisotopic (exact) mass is 643 g/mol. The summed E-state index contributed by atoms with van der Waals surface area (Å²) in [6, 6.07) is 15.9. The Morgan fingerprint density at radius 2 is 1.57 bits per heavy atom. The Kier molecular flexibility index (Phi) is 11.5. The van der Waals surface area contributed by atoms with Crippen LogP contribution in [0.4, 0.5) is 5.69 Å². The predicted octanol–water partition coefficient (Wildman–Crippen LogP) is 6.83. The highest BCUT2D eigenvalue weighted by atomic mass is 35.5. The van der Waals surface area contributed by atoms with Crippen molar-refractivity contribution in [1.82, 2.24) is 10.2 Å². The van der Waals surface area contributed by atoms with Gasteiger partial charge in [-0.15, -0.1) is 0 Å². The molecular formula is C28H29Cl4N3O4S. The van der Waals surface area contributed by atoms with E-state index in [0.717, 1.165) is 17.1 Å². The van der Waals surface area contributed by atoms with E-state index in [1.165, 1.54) is 35.2 Å². The van der Waals surface area contributed by atoms with Gasteiger partial charge in [0, 0.05) is 18.1 Å². The summed E-state index contributed by atoms with van der Waals surface area (Å²) in [5.74, 6) is -1.01. The molecule has 0 saturated carbocycles. The third kappa shape index (κ3) is 8.04. The highest BCUT2D eigenvalue weighted by molar-refractivity contribution is 7.92. The molecule has 0 heterocycles. The smallest absolute Gasteiger partial charge is 0.264 e. The number of carbonyl (C=O) groups excluding carboxylic acids is 2. The van der Waals surface area contributed by atoms with Gasteiger partial charge < -0.3 is 10.2 Å². The second-order valence-corrected chi connectivity index (χ2v) is 12.5. The van der Waals surface area contributed by atoms with E-state index in [4.69, 9.17) is 46.4 Å². The standard InChI is InChI=1S/C28H29Cl4N3O4S/c1-3-4-14-33-28(37)19(2)34(17-20-10-12-23(30)25(32)15-20)27(36)18-35(26-16-21(29)11-13-24(26)31)40(38,39)22-8-6-5-7-9-22/h5-13,15-16,19H,3-4,14,17-18H2,1-2H3,(H,33,37). The molecule has 3 aromatic carbocycles. The summed E-state index contributed by atoms with van der Waals surface area (Å²) in [5.41, 5.74) is 0.634. The van der Waals surface area contributed by atoms with E-state index in [2.05, 4.69) is 5.32 Å². The van der Waals surface area contributed by atoms with Crippen molar-refractivity contribution in [2.45, 2.75) is 44.2 Å². The van der Waals surface area contributed by atoms with Crippen molar-refractivity contribution in [2.24, 2.45) is 0 Å². The van der Waals surface area contributed by atoms with E-state index in [1.54, 1.807) is 43.3 Å². The zero-order chi connectivity index (χ0) is 29.4. The lowest BCUT2D eigenvalue weighted by Crippen LogP contribution is -2.51. The molecule has 3 aromatic rings. The lowest BCUT2D eigenvalue weighted by atomic mass is 10.1. The third-order valence-corrected chi connectivity index (χ3v) is 9.19. The van der Waals surface area contributed by atoms with E-state index in [1.807, 2.05) is 6.92 Å². The van der Waals surface area contributed by atoms with Crippen molar-refractivity contribution in [3.63, 3.8) is 0 Å². The average molecular weight is 645 g/mol. The Morgan fingerprint density at radius 1 is 0.900 bits per heavy atom. The maximum Gasteiger partial charge on any atom is 0.264 e. The summed E-state index contributed by atoms with van der Waals surface area (Å²) >= 11 is 24.9. The number of unbranched alkanes of at least 4 members (excludes halogenated alkanes) is 1. The van der Waals surface area contributed by atoms with Crippen LogP contribution in [0, 0.1) is 0 Å². The number of carbonyl (C=O) groups is 2. The fourth-order valence-corrected chi connectivity index (χ4v) is 6.07. The molecule has 40 heavy (non-hydrogen) atoms. The summed E-state index contributed by atoms with van der Waals surface area (Å²) in [6.07, 6.45) is 1.66. The number of sulfonamides is 1. The maximum atomic E-state index is 13.9. The number of benzene rings is 3. The molecule has 0 aliphatic carbocycles. The summed E-state index contributed by atoms with van der Waals surface area (Å²) < 4.78 is 28.5.